The standard InChI is InChI=1S/C17H29N5O/c1-13-7-5-10-22(12-13)17-19-14(2)11-15(20-17)16(23)18-8-6-9-21(3)4/h11,13H,5-10,12H2,1-4H3,(H,18,23). The Labute approximate surface area is 139 Å². The molecule has 1 aliphatic heterocycles. The number of nitrogens with one attached hydrogen (secondary N) is 1. The van der Waals surface area contributed by atoms with Crippen molar-refractivity contribution in [1.82, 2.24) is 20.2 Å². The topological polar surface area (TPSA) is 61.4 Å². The molecule has 1 aliphatic rings. The van der Waals surface area contributed by atoms with E-state index >= 15 is 0 Å². The summed E-state index contributed by atoms with van der Waals surface area (Å²) >= 11 is 0. The third-order valence-corrected chi connectivity index (χ3v) is 4.08. The molecule has 0 radical (unpaired) electrons. The van der Waals surface area contributed by atoms with E-state index in [0.717, 1.165) is 38.2 Å². The van der Waals surface area contributed by atoms with Gasteiger partial charge in [-0.2, -0.15) is 0 Å². The van der Waals surface area contributed by atoms with E-state index in [1.54, 1.807) is 6.07 Å². The lowest BCUT2D eigenvalue weighted by Crippen LogP contribution is -2.36. The predicted molar refractivity (Wildman–Crippen MR) is 92.9 cm³/mol. The first-order chi connectivity index (χ1) is 11.0. The summed E-state index contributed by atoms with van der Waals surface area (Å²) < 4.78 is 0. The van der Waals surface area contributed by atoms with E-state index in [0.29, 0.717) is 24.1 Å². The van der Waals surface area contributed by atoms with Crippen LogP contribution >= 0.6 is 0 Å². The van der Waals surface area contributed by atoms with Gasteiger partial charge in [0.2, 0.25) is 5.95 Å². The fourth-order valence-electron chi connectivity index (χ4n) is 2.87. The number of nitrogens with zero attached hydrogens (tertiary/aromatic N) is 4. The van der Waals surface area contributed by atoms with Crippen LogP contribution in [0.2, 0.25) is 0 Å². The van der Waals surface area contributed by atoms with Crippen molar-refractivity contribution in [1.29, 1.82) is 0 Å². The van der Waals surface area contributed by atoms with Gasteiger partial charge in [0.05, 0.1) is 0 Å². The average molecular weight is 319 g/mol. The minimum atomic E-state index is -0.111. The van der Waals surface area contributed by atoms with Gasteiger partial charge in [0.25, 0.3) is 5.91 Å². The maximum Gasteiger partial charge on any atom is 0.270 e. The van der Waals surface area contributed by atoms with E-state index in [4.69, 9.17) is 0 Å². The van der Waals surface area contributed by atoms with Crippen molar-refractivity contribution in [2.45, 2.75) is 33.1 Å². The van der Waals surface area contributed by atoms with Gasteiger partial charge in [-0.15, -0.1) is 0 Å². The fourth-order valence-corrected chi connectivity index (χ4v) is 2.87. The van der Waals surface area contributed by atoms with Gasteiger partial charge in [-0.05, 0) is 58.8 Å². The van der Waals surface area contributed by atoms with Crippen molar-refractivity contribution in [3.8, 4) is 0 Å². The molecule has 1 N–H and O–H groups in total. The van der Waals surface area contributed by atoms with Crippen LogP contribution in [0.4, 0.5) is 5.95 Å². The average Bonchev–Trinajstić information content (AvgIpc) is 2.50. The zero-order valence-corrected chi connectivity index (χ0v) is 14.8. The van der Waals surface area contributed by atoms with E-state index in [1.807, 2.05) is 21.0 Å². The van der Waals surface area contributed by atoms with Crippen LogP contribution in [0.1, 0.15) is 42.4 Å². The third-order valence-electron chi connectivity index (χ3n) is 4.08. The van der Waals surface area contributed by atoms with Crippen LogP contribution in [0.25, 0.3) is 0 Å². The fraction of sp³-hybridized carbons (Fsp3) is 0.706. The Morgan fingerprint density at radius 1 is 1.43 bits per heavy atom. The molecule has 0 aliphatic carbocycles. The normalized spacial score (nSPS) is 18.3. The molecule has 2 rings (SSSR count). The summed E-state index contributed by atoms with van der Waals surface area (Å²) in [4.78, 5) is 25.6. The molecule has 1 amide bonds. The van der Waals surface area contributed by atoms with Gasteiger partial charge >= 0.3 is 0 Å². The highest BCUT2D eigenvalue weighted by Gasteiger charge is 2.20. The Balaban J connectivity index is 2.00. The molecule has 128 valence electrons. The zero-order valence-electron chi connectivity index (χ0n) is 14.8. The molecular weight excluding hydrogens is 290 g/mol. The molecule has 0 saturated carbocycles. The Bertz CT molecular complexity index is 532. The summed E-state index contributed by atoms with van der Waals surface area (Å²) in [5, 5.41) is 2.95. The molecule has 6 heteroatoms. The molecule has 6 nitrogen and oxygen atoms in total. The molecule has 1 aromatic heterocycles. The number of carbonyl (C=O) groups is 1. The number of amides is 1. The molecule has 0 spiro atoms. The third kappa shape index (κ3) is 5.46. The van der Waals surface area contributed by atoms with Gasteiger partial charge in [0, 0.05) is 25.3 Å². The number of hydrogen-bond acceptors (Lipinski definition) is 5. The van der Waals surface area contributed by atoms with Crippen molar-refractivity contribution >= 4 is 11.9 Å². The van der Waals surface area contributed by atoms with Gasteiger partial charge in [-0.1, -0.05) is 6.92 Å². The van der Waals surface area contributed by atoms with Crippen LogP contribution in [-0.4, -0.2) is 61.0 Å². The number of carbonyl (C=O) groups excluding carboxylic acids is 1. The predicted octanol–water partition coefficient (Wildman–Crippen LogP) is 1.70. The summed E-state index contributed by atoms with van der Waals surface area (Å²) in [5.41, 5.74) is 1.31. The first-order valence-corrected chi connectivity index (χ1v) is 8.49. The van der Waals surface area contributed by atoms with Crippen LogP contribution in [-0.2, 0) is 0 Å². The molecule has 1 unspecified atom stereocenters. The molecule has 2 heterocycles. The number of aromatic nitrogens is 2. The molecule has 1 atom stereocenters. The van der Waals surface area contributed by atoms with Gasteiger partial charge < -0.3 is 15.1 Å². The van der Waals surface area contributed by atoms with Gasteiger partial charge in [0.15, 0.2) is 0 Å². The molecule has 23 heavy (non-hydrogen) atoms. The van der Waals surface area contributed by atoms with Gasteiger partial charge in [-0.25, -0.2) is 9.97 Å². The van der Waals surface area contributed by atoms with Gasteiger partial charge in [0.1, 0.15) is 5.69 Å². The minimum absolute atomic E-state index is 0.111. The van der Waals surface area contributed by atoms with Crippen LogP contribution in [0.3, 0.4) is 0 Å². The Morgan fingerprint density at radius 2 is 2.22 bits per heavy atom. The zero-order chi connectivity index (χ0) is 16.8. The van der Waals surface area contributed by atoms with Gasteiger partial charge in [-0.3, -0.25) is 4.79 Å². The van der Waals surface area contributed by atoms with Crippen molar-refractivity contribution in [3.63, 3.8) is 0 Å². The second kappa shape index (κ2) is 8.24. The SMILES string of the molecule is Cc1cc(C(=O)NCCCN(C)C)nc(N2CCCC(C)C2)n1. The van der Waals surface area contributed by atoms with Crippen molar-refractivity contribution < 1.29 is 4.79 Å². The Kier molecular flexibility index (Phi) is 6.33. The highest BCUT2D eigenvalue weighted by molar-refractivity contribution is 5.92. The molecule has 0 bridgehead atoms. The highest BCUT2D eigenvalue weighted by atomic mass is 16.1. The molecule has 1 fully saturated rings. The van der Waals surface area contributed by atoms with Crippen LogP contribution in [0, 0.1) is 12.8 Å². The number of aryl methyl sites for hydroxylation is 1. The summed E-state index contributed by atoms with van der Waals surface area (Å²) in [7, 11) is 4.06. The van der Waals surface area contributed by atoms with E-state index < -0.39 is 0 Å². The first-order valence-electron chi connectivity index (χ1n) is 8.49. The Morgan fingerprint density at radius 3 is 2.91 bits per heavy atom. The van der Waals surface area contributed by atoms with E-state index in [2.05, 4.69) is 32.0 Å². The molecule has 1 saturated heterocycles. The largest absolute Gasteiger partial charge is 0.351 e. The maximum absolute atomic E-state index is 12.3. The first kappa shape index (κ1) is 17.7. The molecule has 1 aromatic rings. The number of rotatable bonds is 6. The maximum atomic E-state index is 12.3. The quantitative estimate of drug-likeness (QED) is 0.809. The second-order valence-corrected chi connectivity index (χ2v) is 6.80. The minimum Gasteiger partial charge on any atom is -0.351 e. The van der Waals surface area contributed by atoms with Crippen LogP contribution < -0.4 is 10.2 Å². The van der Waals surface area contributed by atoms with Crippen molar-refractivity contribution in [3.05, 3.63) is 17.5 Å². The van der Waals surface area contributed by atoms with Crippen LogP contribution in [0.15, 0.2) is 6.07 Å². The van der Waals surface area contributed by atoms with Crippen molar-refractivity contribution in [2.75, 3.05) is 45.2 Å². The summed E-state index contributed by atoms with van der Waals surface area (Å²) in [5.74, 6) is 1.23. The number of anilines is 1. The number of hydrogen-bond donors (Lipinski definition) is 1. The molecule has 0 aromatic carbocycles. The van der Waals surface area contributed by atoms with Crippen molar-refractivity contribution in [2.24, 2.45) is 5.92 Å². The smallest absolute Gasteiger partial charge is 0.270 e. The second-order valence-electron chi connectivity index (χ2n) is 6.80. The summed E-state index contributed by atoms with van der Waals surface area (Å²) in [6.45, 7) is 7.73. The van der Waals surface area contributed by atoms with Crippen LogP contribution in [0.5, 0.6) is 0 Å². The monoisotopic (exact) mass is 319 g/mol. The molecular formula is C17H29N5O. The summed E-state index contributed by atoms with van der Waals surface area (Å²) in [6.07, 6.45) is 3.34. The highest BCUT2D eigenvalue weighted by Crippen LogP contribution is 2.20. The lowest BCUT2D eigenvalue weighted by atomic mass is 10.0. The number of piperidine rings is 1. The van der Waals surface area contributed by atoms with E-state index in [-0.39, 0.29) is 5.91 Å². The van der Waals surface area contributed by atoms with E-state index in [1.165, 1.54) is 6.42 Å². The lowest BCUT2D eigenvalue weighted by Gasteiger charge is -2.31. The lowest BCUT2D eigenvalue weighted by molar-refractivity contribution is 0.0947. The van der Waals surface area contributed by atoms with E-state index in [9.17, 15) is 4.79 Å². The Hall–Kier alpha value is -1.69. The summed E-state index contributed by atoms with van der Waals surface area (Å²) in [6, 6.07) is 1.76.